The summed E-state index contributed by atoms with van der Waals surface area (Å²) < 4.78 is 0.307. The van der Waals surface area contributed by atoms with Crippen molar-refractivity contribution in [3.63, 3.8) is 0 Å². The predicted octanol–water partition coefficient (Wildman–Crippen LogP) is 3.11. The average molecular weight is 205 g/mol. The van der Waals surface area contributed by atoms with E-state index in [0.717, 1.165) is 0 Å². The van der Waals surface area contributed by atoms with Gasteiger partial charge in [0.2, 0.25) is 0 Å². The lowest BCUT2D eigenvalue weighted by Gasteiger charge is -2.19. The number of benzene rings is 1. The molecule has 1 saturated heterocycles. The van der Waals surface area contributed by atoms with Crippen molar-refractivity contribution in [2.75, 3.05) is 11.5 Å². The number of rotatable bonds is 3. The van der Waals surface area contributed by atoms with Crippen molar-refractivity contribution in [1.82, 2.24) is 0 Å². The summed E-state index contributed by atoms with van der Waals surface area (Å²) in [6.07, 6.45) is 0. The normalized spacial score (nSPS) is 16.7. The molecule has 1 fully saturated rings. The third-order valence-electron chi connectivity index (χ3n) is 2.98. The van der Waals surface area contributed by atoms with Gasteiger partial charge in [0, 0.05) is 16.5 Å². The Morgan fingerprint density at radius 2 is 1.79 bits per heavy atom. The van der Waals surface area contributed by atoms with Crippen LogP contribution in [0.5, 0.6) is 0 Å². The fourth-order valence-corrected chi connectivity index (χ4v) is 3.53. The van der Waals surface area contributed by atoms with Gasteiger partial charge >= 0.3 is 0 Å². The van der Waals surface area contributed by atoms with Crippen molar-refractivity contribution >= 4 is 16.5 Å². The van der Waals surface area contributed by atoms with E-state index < -0.39 is 0 Å². The summed E-state index contributed by atoms with van der Waals surface area (Å²) >= 11 is 0. The van der Waals surface area contributed by atoms with Crippen molar-refractivity contribution in [3.8, 4) is 0 Å². The molecule has 0 amide bonds. The molecule has 1 heterocycles. The second kappa shape index (κ2) is 3.47. The predicted molar refractivity (Wildman–Crippen MR) is 66.7 cm³/mol. The minimum Gasteiger partial charge on any atom is -0.0900 e. The molecule has 1 aliphatic rings. The molecule has 0 nitrogen and oxygen atoms in total. The first-order valence-corrected chi connectivity index (χ1v) is 6.61. The van der Waals surface area contributed by atoms with E-state index in [2.05, 4.69) is 50.8 Å². The van der Waals surface area contributed by atoms with Gasteiger partial charge < -0.3 is 0 Å². The van der Waals surface area contributed by atoms with Gasteiger partial charge in [-0.2, -0.15) is 0 Å². The third kappa shape index (κ3) is 1.74. The van der Waals surface area contributed by atoms with Crippen LogP contribution in [0.15, 0.2) is 36.9 Å². The Balaban J connectivity index is 2.23. The van der Waals surface area contributed by atoms with Gasteiger partial charge in [-0.15, -0.1) is 0 Å². The van der Waals surface area contributed by atoms with E-state index in [1.807, 2.05) is 0 Å². The monoisotopic (exact) mass is 205 g/mol. The highest BCUT2D eigenvalue weighted by Crippen LogP contribution is 2.39. The highest BCUT2D eigenvalue weighted by atomic mass is 32.2. The maximum Gasteiger partial charge on any atom is 0.153 e. The average Bonchev–Trinajstić information content (AvgIpc) is 3.01. The molecule has 0 saturated carbocycles. The molecule has 0 N–H and O–H groups in total. The van der Waals surface area contributed by atoms with Gasteiger partial charge in [-0.05, 0) is 19.4 Å². The summed E-state index contributed by atoms with van der Waals surface area (Å²) in [4.78, 5) is 0. The molecule has 1 heteroatoms. The maximum atomic E-state index is 4.26. The van der Waals surface area contributed by atoms with Crippen LogP contribution in [-0.4, -0.2) is 16.3 Å². The molecule has 1 aromatic rings. The minimum absolute atomic E-state index is 0.307. The van der Waals surface area contributed by atoms with Gasteiger partial charge in [-0.25, -0.2) is 0 Å². The Bertz CT molecular complexity index is 334. The van der Waals surface area contributed by atoms with E-state index in [1.54, 1.807) is 0 Å². The highest BCUT2D eigenvalue weighted by Gasteiger charge is 2.50. The van der Waals surface area contributed by atoms with Crippen LogP contribution in [-0.2, 0) is 10.9 Å². The molecule has 14 heavy (non-hydrogen) atoms. The zero-order valence-electron chi connectivity index (χ0n) is 8.92. The van der Waals surface area contributed by atoms with Gasteiger partial charge in [0.05, 0.1) is 0 Å². The summed E-state index contributed by atoms with van der Waals surface area (Å²) in [5, 5.41) is 0. The van der Waals surface area contributed by atoms with Crippen molar-refractivity contribution in [1.29, 1.82) is 0 Å². The Morgan fingerprint density at radius 3 is 2.29 bits per heavy atom. The molecule has 0 unspecified atom stereocenters. The molecule has 0 aliphatic carbocycles. The smallest absolute Gasteiger partial charge is 0.0900 e. The molecule has 1 aromatic carbocycles. The van der Waals surface area contributed by atoms with Crippen molar-refractivity contribution < 1.29 is 0 Å². The minimum atomic E-state index is 0.307. The van der Waals surface area contributed by atoms with Crippen molar-refractivity contribution in [3.05, 3.63) is 42.5 Å². The van der Waals surface area contributed by atoms with E-state index in [0.29, 0.717) is 15.6 Å². The lowest BCUT2D eigenvalue weighted by atomic mass is 9.96. The topological polar surface area (TPSA) is 0 Å². The molecule has 0 aromatic heterocycles. The molecule has 2 rings (SSSR count). The van der Waals surface area contributed by atoms with Crippen LogP contribution in [0, 0.1) is 0 Å². The van der Waals surface area contributed by atoms with Gasteiger partial charge in [0.25, 0.3) is 0 Å². The summed E-state index contributed by atoms with van der Waals surface area (Å²) in [5.74, 6) is 2.80. The van der Waals surface area contributed by atoms with E-state index in [1.165, 1.54) is 22.6 Å². The SMILES string of the molecule is C=C(c1ccccc1)C(C)(C)[S+]1CC1. The Kier molecular flexibility index (Phi) is 2.44. The third-order valence-corrected chi connectivity index (χ3v) is 5.49. The Hall–Kier alpha value is -0.690. The van der Waals surface area contributed by atoms with Crippen LogP contribution in [0.4, 0.5) is 0 Å². The summed E-state index contributed by atoms with van der Waals surface area (Å²) in [7, 11) is 0.594. The lowest BCUT2D eigenvalue weighted by molar-refractivity contribution is 0.921. The van der Waals surface area contributed by atoms with Gasteiger partial charge in [0.1, 0.15) is 4.75 Å². The van der Waals surface area contributed by atoms with Crippen LogP contribution in [0.2, 0.25) is 0 Å². The lowest BCUT2D eigenvalue weighted by Crippen LogP contribution is -2.25. The number of hydrogen-bond donors (Lipinski definition) is 0. The van der Waals surface area contributed by atoms with Gasteiger partial charge in [-0.3, -0.25) is 0 Å². The molecule has 1 aliphatic heterocycles. The summed E-state index contributed by atoms with van der Waals surface area (Å²) in [5.41, 5.74) is 2.61. The van der Waals surface area contributed by atoms with Crippen LogP contribution in [0.1, 0.15) is 19.4 Å². The molecule has 0 radical (unpaired) electrons. The van der Waals surface area contributed by atoms with Gasteiger partial charge in [0.15, 0.2) is 11.5 Å². The van der Waals surface area contributed by atoms with Crippen LogP contribution < -0.4 is 0 Å². The second-order valence-electron chi connectivity index (χ2n) is 4.26. The molecular weight excluding hydrogens is 188 g/mol. The zero-order valence-corrected chi connectivity index (χ0v) is 9.73. The fourth-order valence-electron chi connectivity index (χ4n) is 1.71. The van der Waals surface area contributed by atoms with Crippen molar-refractivity contribution in [2.24, 2.45) is 0 Å². The quantitative estimate of drug-likeness (QED) is 0.525. The molecule has 74 valence electrons. The van der Waals surface area contributed by atoms with Gasteiger partial charge in [-0.1, -0.05) is 36.9 Å². The second-order valence-corrected chi connectivity index (χ2v) is 7.08. The maximum absolute atomic E-state index is 4.26. The highest BCUT2D eigenvalue weighted by molar-refractivity contribution is 8.05. The fraction of sp³-hybridized carbons (Fsp3) is 0.385. The molecule has 0 atom stereocenters. The van der Waals surface area contributed by atoms with E-state index in [4.69, 9.17) is 0 Å². The Morgan fingerprint density at radius 1 is 1.21 bits per heavy atom. The first kappa shape index (κ1) is 9.85. The van der Waals surface area contributed by atoms with Crippen molar-refractivity contribution in [2.45, 2.75) is 18.6 Å². The van der Waals surface area contributed by atoms with Crippen LogP contribution in [0.3, 0.4) is 0 Å². The molecule has 0 bridgehead atoms. The number of hydrogen-bond acceptors (Lipinski definition) is 0. The summed E-state index contributed by atoms with van der Waals surface area (Å²) in [6.45, 7) is 8.93. The van der Waals surface area contributed by atoms with E-state index in [-0.39, 0.29) is 0 Å². The van der Waals surface area contributed by atoms with Crippen LogP contribution in [0.25, 0.3) is 5.57 Å². The zero-order chi connectivity index (χ0) is 10.2. The van der Waals surface area contributed by atoms with Crippen LogP contribution >= 0.6 is 0 Å². The molecular formula is C13H17S+. The van der Waals surface area contributed by atoms with E-state index in [9.17, 15) is 0 Å². The standard InChI is InChI=1S/C13H17S/c1-11(12-7-5-4-6-8-12)13(2,3)14-9-10-14/h4-8H,1,9-10H2,2-3H3/q+1. The first-order chi connectivity index (χ1) is 6.62. The Labute approximate surface area is 89.4 Å². The molecule has 0 spiro atoms. The first-order valence-electron chi connectivity index (χ1n) is 5.05. The summed E-state index contributed by atoms with van der Waals surface area (Å²) in [6, 6.07) is 10.6. The largest absolute Gasteiger partial charge is 0.153 e. The van der Waals surface area contributed by atoms with E-state index >= 15 is 0 Å².